The molecule has 1 rings (SSSR count). The number of thiocarbonyl (C=S) groups is 1. The van der Waals surface area contributed by atoms with Gasteiger partial charge in [-0.3, -0.25) is 4.90 Å². The first-order chi connectivity index (χ1) is 6.63. The molecule has 0 aliphatic heterocycles. The quantitative estimate of drug-likeness (QED) is 0.659. The molecule has 0 radical (unpaired) electrons. The van der Waals surface area contributed by atoms with E-state index in [4.69, 9.17) is 18.0 Å². The second-order valence-corrected chi connectivity index (χ2v) is 4.98. The topological polar surface area (TPSA) is 29.3 Å². The lowest BCUT2D eigenvalue weighted by atomic mass is 10.2. The average Bonchev–Trinajstić information content (AvgIpc) is 2.86. The largest absolute Gasteiger partial charge is 0.393 e. The summed E-state index contributed by atoms with van der Waals surface area (Å²) < 4.78 is 0. The zero-order chi connectivity index (χ0) is 10.6. The Morgan fingerprint density at radius 1 is 1.57 bits per heavy atom. The van der Waals surface area contributed by atoms with E-state index in [-0.39, 0.29) is 0 Å². The van der Waals surface area contributed by atoms with E-state index in [0.29, 0.717) is 11.0 Å². The van der Waals surface area contributed by atoms with Crippen molar-refractivity contribution in [3.8, 4) is 0 Å². The molecular formula is C11H22N2S. The van der Waals surface area contributed by atoms with Gasteiger partial charge < -0.3 is 5.73 Å². The molecular weight excluding hydrogens is 192 g/mol. The maximum Gasteiger partial charge on any atom is 0.0742 e. The van der Waals surface area contributed by atoms with Crippen molar-refractivity contribution in [3.05, 3.63) is 0 Å². The highest BCUT2D eigenvalue weighted by Gasteiger charge is 2.26. The molecule has 0 spiro atoms. The predicted octanol–water partition coefficient (Wildman–Crippen LogP) is 2.17. The van der Waals surface area contributed by atoms with Crippen LogP contribution in [0, 0.1) is 5.92 Å². The van der Waals surface area contributed by atoms with Gasteiger partial charge in [-0.15, -0.1) is 0 Å². The molecule has 0 aromatic heterocycles. The Morgan fingerprint density at radius 2 is 2.21 bits per heavy atom. The molecule has 0 amide bonds. The van der Waals surface area contributed by atoms with E-state index in [9.17, 15) is 0 Å². The maximum absolute atomic E-state index is 5.58. The highest BCUT2D eigenvalue weighted by atomic mass is 32.1. The normalized spacial score (nSPS) is 18.5. The minimum Gasteiger partial charge on any atom is -0.393 e. The Morgan fingerprint density at radius 3 is 2.64 bits per heavy atom. The lowest BCUT2D eigenvalue weighted by Crippen LogP contribution is -2.37. The smallest absolute Gasteiger partial charge is 0.0742 e. The van der Waals surface area contributed by atoms with E-state index in [1.165, 1.54) is 32.4 Å². The van der Waals surface area contributed by atoms with Gasteiger partial charge in [0, 0.05) is 19.0 Å². The summed E-state index contributed by atoms with van der Waals surface area (Å²) in [5.41, 5.74) is 5.58. The summed E-state index contributed by atoms with van der Waals surface area (Å²) in [6, 6.07) is 0.521. The molecule has 3 heteroatoms. The molecule has 2 nitrogen and oxygen atoms in total. The first-order valence-electron chi connectivity index (χ1n) is 5.65. The van der Waals surface area contributed by atoms with Crippen molar-refractivity contribution in [2.75, 3.05) is 13.1 Å². The SMILES string of the molecule is CCCN(CC1CC1)C(C)CC(N)=S. The van der Waals surface area contributed by atoms with Gasteiger partial charge in [-0.05, 0) is 38.6 Å². The third-order valence-corrected chi connectivity index (χ3v) is 2.99. The van der Waals surface area contributed by atoms with Gasteiger partial charge in [0.05, 0.1) is 4.99 Å². The molecule has 0 heterocycles. The summed E-state index contributed by atoms with van der Waals surface area (Å²) in [6.07, 6.45) is 4.91. The Hall–Kier alpha value is -0.150. The molecule has 82 valence electrons. The number of rotatable bonds is 7. The molecule has 1 aliphatic rings. The Balaban J connectivity index is 2.33. The van der Waals surface area contributed by atoms with Crippen molar-refractivity contribution in [1.29, 1.82) is 0 Å². The van der Waals surface area contributed by atoms with E-state index in [1.54, 1.807) is 0 Å². The minimum absolute atomic E-state index is 0.521. The Kier molecular flexibility index (Phi) is 4.82. The summed E-state index contributed by atoms with van der Waals surface area (Å²) in [4.78, 5) is 3.19. The Bertz CT molecular complexity index is 190. The fourth-order valence-electron chi connectivity index (χ4n) is 1.83. The molecule has 0 saturated heterocycles. The fraction of sp³-hybridized carbons (Fsp3) is 0.909. The van der Waals surface area contributed by atoms with Crippen LogP contribution in [0.5, 0.6) is 0 Å². The summed E-state index contributed by atoms with van der Waals surface area (Å²) in [6.45, 7) is 6.89. The molecule has 2 N–H and O–H groups in total. The fourth-order valence-corrected chi connectivity index (χ4v) is 2.07. The van der Waals surface area contributed by atoms with E-state index in [1.807, 2.05) is 0 Å². The van der Waals surface area contributed by atoms with Crippen LogP contribution in [0.3, 0.4) is 0 Å². The van der Waals surface area contributed by atoms with Gasteiger partial charge >= 0.3 is 0 Å². The van der Waals surface area contributed by atoms with Crippen LogP contribution in [0.4, 0.5) is 0 Å². The first kappa shape index (κ1) is 11.9. The predicted molar refractivity (Wildman–Crippen MR) is 65.5 cm³/mol. The third-order valence-electron chi connectivity index (χ3n) is 2.82. The zero-order valence-corrected chi connectivity index (χ0v) is 10.1. The Labute approximate surface area is 92.8 Å². The van der Waals surface area contributed by atoms with Crippen LogP contribution in [-0.4, -0.2) is 29.0 Å². The molecule has 0 aromatic carbocycles. The van der Waals surface area contributed by atoms with Crippen LogP contribution in [0.15, 0.2) is 0 Å². The van der Waals surface area contributed by atoms with Gasteiger partial charge in [-0.25, -0.2) is 0 Å². The van der Waals surface area contributed by atoms with Crippen molar-refractivity contribution in [2.24, 2.45) is 11.7 Å². The van der Waals surface area contributed by atoms with Gasteiger partial charge in [0.25, 0.3) is 0 Å². The van der Waals surface area contributed by atoms with E-state index >= 15 is 0 Å². The van der Waals surface area contributed by atoms with Crippen LogP contribution in [-0.2, 0) is 0 Å². The summed E-state index contributed by atoms with van der Waals surface area (Å²) in [7, 11) is 0. The van der Waals surface area contributed by atoms with Crippen LogP contribution < -0.4 is 5.73 Å². The molecule has 1 fully saturated rings. The molecule has 0 aromatic rings. The molecule has 14 heavy (non-hydrogen) atoms. The molecule has 1 aliphatic carbocycles. The van der Waals surface area contributed by atoms with Crippen LogP contribution in [0.1, 0.15) is 39.5 Å². The van der Waals surface area contributed by atoms with Crippen molar-refractivity contribution in [2.45, 2.75) is 45.6 Å². The van der Waals surface area contributed by atoms with Crippen molar-refractivity contribution < 1.29 is 0 Å². The van der Waals surface area contributed by atoms with Crippen molar-refractivity contribution >= 4 is 17.2 Å². The van der Waals surface area contributed by atoms with Gasteiger partial charge in [0.15, 0.2) is 0 Å². The van der Waals surface area contributed by atoms with E-state index in [0.717, 1.165) is 12.3 Å². The lowest BCUT2D eigenvalue weighted by molar-refractivity contribution is 0.205. The number of hydrogen-bond acceptors (Lipinski definition) is 2. The van der Waals surface area contributed by atoms with Gasteiger partial charge in [0.2, 0.25) is 0 Å². The van der Waals surface area contributed by atoms with Crippen molar-refractivity contribution in [3.63, 3.8) is 0 Å². The first-order valence-corrected chi connectivity index (χ1v) is 6.06. The monoisotopic (exact) mass is 214 g/mol. The van der Waals surface area contributed by atoms with E-state index in [2.05, 4.69) is 18.7 Å². The third kappa shape index (κ3) is 4.38. The summed E-state index contributed by atoms with van der Waals surface area (Å²) >= 11 is 4.96. The average molecular weight is 214 g/mol. The van der Waals surface area contributed by atoms with Gasteiger partial charge in [0.1, 0.15) is 0 Å². The molecule has 1 atom stereocenters. The molecule has 0 bridgehead atoms. The van der Waals surface area contributed by atoms with Gasteiger partial charge in [-0.2, -0.15) is 0 Å². The standard InChI is InChI=1S/C11H22N2S/c1-3-6-13(8-10-4-5-10)9(2)7-11(12)14/h9-10H,3-8H2,1-2H3,(H2,12,14). The summed E-state index contributed by atoms with van der Waals surface area (Å²) in [5.74, 6) is 0.954. The van der Waals surface area contributed by atoms with Gasteiger partial charge in [-0.1, -0.05) is 19.1 Å². The highest BCUT2D eigenvalue weighted by Crippen LogP contribution is 2.30. The number of nitrogens with two attached hydrogens (primary N) is 1. The minimum atomic E-state index is 0.521. The highest BCUT2D eigenvalue weighted by molar-refractivity contribution is 7.80. The molecule has 1 unspecified atom stereocenters. The molecule has 1 saturated carbocycles. The maximum atomic E-state index is 5.58. The van der Waals surface area contributed by atoms with Crippen LogP contribution in [0.25, 0.3) is 0 Å². The van der Waals surface area contributed by atoms with E-state index < -0.39 is 0 Å². The second-order valence-electron chi connectivity index (χ2n) is 4.46. The second kappa shape index (κ2) is 5.66. The van der Waals surface area contributed by atoms with Crippen LogP contribution >= 0.6 is 12.2 Å². The summed E-state index contributed by atoms with van der Waals surface area (Å²) in [5, 5.41) is 0. The number of nitrogens with zero attached hydrogens (tertiary/aromatic N) is 1. The van der Waals surface area contributed by atoms with Crippen molar-refractivity contribution in [1.82, 2.24) is 4.90 Å². The lowest BCUT2D eigenvalue weighted by Gasteiger charge is -2.28. The zero-order valence-electron chi connectivity index (χ0n) is 9.33. The van der Waals surface area contributed by atoms with Crippen LogP contribution in [0.2, 0.25) is 0 Å². The number of hydrogen-bond donors (Lipinski definition) is 1.